The molecule has 3 aliphatic rings. The van der Waals surface area contributed by atoms with Gasteiger partial charge in [-0.05, 0) is 72.9 Å². The minimum atomic E-state index is -1.78. The van der Waals surface area contributed by atoms with Crippen molar-refractivity contribution in [2.45, 2.75) is 121 Å². The monoisotopic (exact) mass is 460 g/mol. The highest BCUT2D eigenvalue weighted by atomic mass is 31.1. The molecule has 1 unspecified atom stereocenters. The van der Waals surface area contributed by atoms with Crippen LogP contribution in [0.5, 0.6) is 0 Å². The van der Waals surface area contributed by atoms with Gasteiger partial charge in [-0.25, -0.2) is 0 Å². The quantitative estimate of drug-likeness (QED) is 0.392. The molecule has 3 heteroatoms. The van der Waals surface area contributed by atoms with Gasteiger partial charge in [0.15, 0.2) is 0 Å². The van der Waals surface area contributed by atoms with Crippen LogP contribution in [0.15, 0.2) is 24.3 Å². The summed E-state index contributed by atoms with van der Waals surface area (Å²) in [6.45, 7) is 7.12. The molecule has 0 heterocycles. The predicted octanol–water partition coefficient (Wildman–Crippen LogP) is 8.11. The van der Waals surface area contributed by atoms with Crippen molar-refractivity contribution >= 4 is 26.3 Å². The van der Waals surface area contributed by atoms with Crippen LogP contribution in [0, 0.1) is 17.8 Å². The molecular weight excluding hydrogens is 414 g/mol. The van der Waals surface area contributed by atoms with Gasteiger partial charge in [-0.3, -0.25) is 0 Å². The highest BCUT2D eigenvalue weighted by Crippen LogP contribution is 2.56. The predicted molar refractivity (Wildman–Crippen MR) is 141 cm³/mol. The van der Waals surface area contributed by atoms with E-state index in [1.807, 2.05) is 0 Å². The first-order valence-electron chi connectivity index (χ1n) is 13.5. The van der Waals surface area contributed by atoms with Gasteiger partial charge < -0.3 is 4.57 Å². The van der Waals surface area contributed by atoms with Crippen molar-refractivity contribution in [3.63, 3.8) is 0 Å². The highest BCUT2D eigenvalue weighted by molar-refractivity contribution is 7.69. The van der Waals surface area contributed by atoms with Crippen LogP contribution in [0.25, 0.3) is 0 Å². The topological polar surface area (TPSA) is 17.1 Å². The average Bonchev–Trinajstić information content (AvgIpc) is 2.80. The molecule has 1 aromatic rings. The van der Waals surface area contributed by atoms with E-state index < -0.39 is 7.80 Å². The van der Waals surface area contributed by atoms with Crippen LogP contribution < -0.4 is 10.6 Å². The van der Waals surface area contributed by atoms with Gasteiger partial charge in [-0.15, -0.1) is 0 Å². The van der Waals surface area contributed by atoms with Gasteiger partial charge >= 0.3 is 0 Å². The lowest BCUT2D eigenvalue weighted by molar-refractivity contribution is 0.239. The van der Waals surface area contributed by atoms with E-state index in [2.05, 4.69) is 45.0 Å². The Bertz CT molecular complexity index is 699. The first-order valence-corrected chi connectivity index (χ1v) is 16.4. The SMILES string of the molecule is CC(C)[C@@H]1CC[C@@H](C)C[C@H]1[PH](=O)c1ccccc1P(C1CCCCC1)C1CCCCC1. The fourth-order valence-corrected chi connectivity index (χ4v) is 14.1. The molecule has 3 saturated carbocycles. The summed E-state index contributed by atoms with van der Waals surface area (Å²) in [6, 6.07) is 9.18. The van der Waals surface area contributed by atoms with Crippen LogP contribution in [-0.2, 0) is 4.57 Å². The molecule has 4 atom stereocenters. The maximum atomic E-state index is 14.3. The summed E-state index contributed by atoms with van der Waals surface area (Å²) in [5, 5.41) is 2.90. The zero-order valence-corrected chi connectivity index (χ0v) is 22.2. The maximum Gasteiger partial charge on any atom is 0.108 e. The van der Waals surface area contributed by atoms with E-state index in [4.69, 9.17) is 0 Å². The van der Waals surface area contributed by atoms with Crippen LogP contribution in [0.4, 0.5) is 0 Å². The number of hydrogen-bond donors (Lipinski definition) is 0. The number of hydrogen-bond acceptors (Lipinski definition) is 1. The van der Waals surface area contributed by atoms with E-state index in [-0.39, 0.29) is 7.92 Å². The van der Waals surface area contributed by atoms with Crippen LogP contribution in [-0.4, -0.2) is 17.0 Å². The maximum absolute atomic E-state index is 14.3. The standard InChI is InChI=1S/C28H46OP2/c1-21(2)25-19-18-22(3)20-28(25)31(29)27-17-11-10-16-26(27)30(23-12-6-4-7-13-23)24-14-8-5-9-15-24/h10-11,16-17,21-25,28,31H,4-9,12-15,18-20H2,1-3H3/t22-,25+,28-/m1/s1. The van der Waals surface area contributed by atoms with Gasteiger partial charge in [0, 0.05) is 11.0 Å². The summed E-state index contributed by atoms with van der Waals surface area (Å²) in [4.78, 5) is 0. The first kappa shape index (κ1) is 24.0. The summed E-state index contributed by atoms with van der Waals surface area (Å²) < 4.78 is 14.3. The van der Waals surface area contributed by atoms with Crippen molar-refractivity contribution in [1.29, 1.82) is 0 Å². The molecule has 0 amide bonds. The second-order valence-corrected chi connectivity index (χ2v) is 16.1. The summed E-state index contributed by atoms with van der Waals surface area (Å²) in [5.41, 5.74) is 2.19. The van der Waals surface area contributed by atoms with Crippen LogP contribution >= 0.6 is 15.7 Å². The van der Waals surface area contributed by atoms with Crippen molar-refractivity contribution in [2.24, 2.45) is 17.8 Å². The summed E-state index contributed by atoms with van der Waals surface area (Å²) >= 11 is 0. The van der Waals surface area contributed by atoms with Crippen molar-refractivity contribution in [3.8, 4) is 0 Å². The molecule has 0 radical (unpaired) electrons. The van der Waals surface area contributed by atoms with Gasteiger partial charge in [0.05, 0.1) is 0 Å². The third-order valence-corrected chi connectivity index (χ3v) is 14.8. The lowest BCUT2D eigenvalue weighted by Gasteiger charge is -2.41. The Hall–Kier alpha value is -0.120. The average molecular weight is 461 g/mol. The summed E-state index contributed by atoms with van der Waals surface area (Å²) in [7, 11) is -1.96. The molecule has 0 aromatic heterocycles. The van der Waals surface area contributed by atoms with E-state index >= 15 is 0 Å². The molecular formula is C28H46OP2. The molecule has 174 valence electrons. The molecule has 0 aliphatic heterocycles. The van der Waals surface area contributed by atoms with E-state index in [1.165, 1.54) is 88.8 Å². The lowest BCUT2D eigenvalue weighted by atomic mass is 9.77. The van der Waals surface area contributed by atoms with Gasteiger partial charge in [0.2, 0.25) is 0 Å². The van der Waals surface area contributed by atoms with Crippen molar-refractivity contribution in [1.82, 2.24) is 0 Å². The molecule has 0 spiro atoms. The Morgan fingerprint density at radius 3 is 2.00 bits per heavy atom. The number of benzene rings is 1. The Kier molecular flexibility index (Phi) is 8.79. The Balaban J connectivity index is 1.68. The third-order valence-electron chi connectivity index (χ3n) is 8.74. The third kappa shape index (κ3) is 5.69. The Labute approximate surface area is 194 Å². The van der Waals surface area contributed by atoms with Crippen LogP contribution in [0.2, 0.25) is 0 Å². The largest absolute Gasteiger partial charge is 0.322 e. The van der Waals surface area contributed by atoms with E-state index in [0.717, 1.165) is 17.2 Å². The van der Waals surface area contributed by atoms with Crippen LogP contribution in [0.3, 0.4) is 0 Å². The van der Waals surface area contributed by atoms with Gasteiger partial charge in [-0.2, -0.15) is 0 Å². The molecule has 0 bridgehead atoms. The zero-order chi connectivity index (χ0) is 21.8. The second-order valence-electron chi connectivity index (χ2n) is 11.3. The smallest absolute Gasteiger partial charge is 0.108 e. The summed E-state index contributed by atoms with van der Waals surface area (Å²) in [6.07, 6.45) is 18.0. The lowest BCUT2D eigenvalue weighted by Crippen LogP contribution is -2.36. The van der Waals surface area contributed by atoms with Crippen molar-refractivity contribution < 1.29 is 4.57 Å². The Morgan fingerprint density at radius 2 is 1.42 bits per heavy atom. The first-order chi connectivity index (χ1) is 15.1. The summed E-state index contributed by atoms with van der Waals surface area (Å²) in [5.74, 6) is 2.03. The molecule has 1 nitrogen and oxygen atoms in total. The Morgan fingerprint density at radius 1 is 0.839 bits per heavy atom. The van der Waals surface area contributed by atoms with Gasteiger partial charge in [0.25, 0.3) is 0 Å². The van der Waals surface area contributed by atoms with E-state index in [9.17, 15) is 4.57 Å². The second kappa shape index (κ2) is 11.3. The van der Waals surface area contributed by atoms with E-state index in [1.54, 1.807) is 5.30 Å². The minimum Gasteiger partial charge on any atom is -0.322 e. The molecule has 4 rings (SSSR count). The number of rotatable bonds is 6. The molecule has 3 fully saturated rings. The molecule has 0 N–H and O–H groups in total. The highest BCUT2D eigenvalue weighted by Gasteiger charge is 2.38. The molecule has 0 saturated heterocycles. The van der Waals surface area contributed by atoms with E-state index in [0.29, 0.717) is 17.5 Å². The van der Waals surface area contributed by atoms with Gasteiger partial charge in [-0.1, -0.05) is 97.9 Å². The van der Waals surface area contributed by atoms with Crippen LogP contribution in [0.1, 0.15) is 104 Å². The van der Waals surface area contributed by atoms with Crippen molar-refractivity contribution in [2.75, 3.05) is 0 Å². The van der Waals surface area contributed by atoms with Crippen molar-refractivity contribution in [3.05, 3.63) is 24.3 Å². The molecule has 31 heavy (non-hydrogen) atoms. The fourth-order valence-electron chi connectivity index (χ4n) is 7.02. The molecule has 3 aliphatic carbocycles. The molecule has 1 aromatic carbocycles. The van der Waals surface area contributed by atoms with Gasteiger partial charge in [0.1, 0.15) is 7.80 Å². The minimum absolute atomic E-state index is 0.182. The normalized spacial score (nSPS) is 30.0. The zero-order valence-electron chi connectivity index (χ0n) is 20.3. The fraction of sp³-hybridized carbons (Fsp3) is 0.786.